The van der Waals surface area contributed by atoms with Crippen LogP contribution in [0.25, 0.3) is 0 Å². The maximum atomic E-state index is 13.9. The highest BCUT2D eigenvalue weighted by atomic mass is 32.2. The van der Waals surface area contributed by atoms with Crippen LogP contribution >= 0.6 is 0 Å². The lowest BCUT2D eigenvalue weighted by Crippen LogP contribution is -2.51. The SMILES string of the molecule is CCNC(=O)[C@@H](C)N(Cc1cccc(C)c1)C(=O)CN(c1ccccc1CC)S(=O)(=O)c1ccccc1. The molecule has 0 aromatic heterocycles. The Morgan fingerprint density at radius 3 is 2.24 bits per heavy atom. The first kappa shape index (κ1) is 27.9. The largest absolute Gasteiger partial charge is 0.355 e. The molecule has 0 fully saturated rings. The molecule has 8 heteroatoms. The molecule has 0 saturated heterocycles. The summed E-state index contributed by atoms with van der Waals surface area (Å²) < 4.78 is 28.9. The lowest BCUT2D eigenvalue weighted by molar-refractivity contribution is -0.139. The van der Waals surface area contributed by atoms with E-state index in [0.717, 1.165) is 21.0 Å². The molecule has 3 aromatic rings. The van der Waals surface area contributed by atoms with E-state index in [1.807, 2.05) is 57.2 Å². The van der Waals surface area contributed by atoms with E-state index in [0.29, 0.717) is 18.7 Å². The van der Waals surface area contributed by atoms with E-state index in [-0.39, 0.29) is 17.3 Å². The van der Waals surface area contributed by atoms with Crippen molar-refractivity contribution < 1.29 is 18.0 Å². The zero-order valence-electron chi connectivity index (χ0n) is 21.8. The van der Waals surface area contributed by atoms with Gasteiger partial charge in [0, 0.05) is 13.1 Å². The van der Waals surface area contributed by atoms with E-state index in [2.05, 4.69) is 5.32 Å². The number of sulfonamides is 1. The molecular weight excluding hydrogens is 486 g/mol. The second-order valence-electron chi connectivity index (χ2n) is 8.89. The van der Waals surface area contributed by atoms with Crippen LogP contribution in [0, 0.1) is 6.92 Å². The average molecular weight is 522 g/mol. The minimum absolute atomic E-state index is 0.0933. The molecule has 0 heterocycles. The summed E-state index contributed by atoms with van der Waals surface area (Å²) in [5.74, 6) is -0.763. The second-order valence-corrected chi connectivity index (χ2v) is 10.8. The number of rotatable bonds is 11. The number of para-hydroxylation sites is 1. The Balaban J connectivity index is 2.06. The number of carbonyl (C=O) groups is 2. The molecule has 0 aliphatic rings. The molecule has 1 N–H and O–H groups in total. The number of aryl methyl sites for hydroxylation is 2. The van der Waals surface area contributed by atoms with Gasteiger partial charge >= 0.3 is 0 Å². The molecule has 0 aliphatic heterocycles. The van der Waals surface area contributed by atoms with Gasteiger partial charge < -0.3 is 10.2 Å². The number of carbonyl (C=O) groups excluding carboxylic acids is 2. The minimum Gasteiger partial charge on any atom is -0.355 e. The summed E-state index contributed by atoms with van der Waals surface area (Å²) in [5, 5.41) is 2.77. The van der Waals surface area contributed by atoms with Crippen LogP contribution in [-0.4, -0.2) is 44.3 Å². The molecule has 2 amide bonds. The van der Waals surface area contributed by atoms with Gasteiger partial charge in [-0.15, -0.1) is 0 Å². The van der Waals surface area contributed by atoms with Gasteiger partial charge in [-0.1, -0.05) is 73.2 Å². The van der Waals surface area contributed by atoms with Crippen molar-refractivity contribution in [2.24, 2.45) is 0 Å². The Morgan fingerprint density at radius 2 is 1.59 bits per heavy atom. The standard InChI is InChI=1S/C29H35N3O4S/c1-5-25-15-10-11-18-27(25)32(37(35,36)26-16-8-7-9-17-26)21-28(33)31(23(4)29(34)30-6-2)20-24-14-12-13-22(3)19-24/h7-19,23H,5-6,20-21H2,1-4H3,(H,30,34)/t23-/m1/s1. The predicted octanol–water partition coefficient (Wildman–Crippen LogP) is 4.31. The normalized spacial score (nSPS) is 12.0. The lowest BCUT2D eigenvalue weighted by atomic mass is 10.1. The Bertz CT molecular complexity index is 1330. The number of hydrogen-bond acceptors (Lipinski definition) is 4. The van der Waals surface area contributed by atoms with Gasteiger partial charge in [0.15, 0.2) is 0 Å². The molecule has 0 spiro atoms. The summed E-state index contributed by atoms with van der Waals surface area (Å²) in [6, 6.07) is 22.2. The zero-order chi connectivity index (χ0) is 27.0. The Kier molecular flexibility index (Phi) is 9.47. The number of hydrogen-bond donors (Lipinski definition) is 1. The van der Waals surface area contributed by atoms with Crippen molar-refractivity contribution in [3.8, 4) is 0 Å². The van der Waals surface area contributed by atoms with Crippen molar-refractivity contribution in [1.82, 2.24) is 10.2 Å². The van der Waals surface area contributed by atoms with Crippen molar-refractivity contribution in [3.63, 3.8) is 0 Å². The summed E-state index contributed by atoms with van der Waals surface area (Å²) in [5.41, 5.74) is 3.14. The van der Waals surface area contributed by atoms with Crippen molar-refractivity contribution >= 4 is 27.5 Å². The van der Waals surface area contributed by atoms with Gasteiger partial charge in [-0.25, -0.2) is 8.42 Å². The lowest BCUT2D eigenvalue weighted by Gasteiger charge is -2.32. The summed E-state index contributed by atoms with van der Waals surface area (Å²) >= 11 is 0. The van der Waals surface area contributed by atoms with E-state index in [9.17, 15) is 18.0 Å². The molecule has 7 nitrogen and oxygen atoms in total. The van der Waals surface area contributed by atoms with Crippen molar-refractivity contribution in [1.29, 1.82) is 0 Å². The fraction of sp³-hybridized carbons (Fsp3) is 0.310. The fourth-order valence-corrected chi connectivity index (χ4v) is 5.67. The quantitative estimate of drug-likeness (QED) is 0.408. The summed E-state index contributed by atoms with van der Waals surface area (Å²) in [6.45, 7) is 7.53. The predicted molar refractivity (Wildman–Crippen MR) is 147 cm³/mol. The molecular formula is C29H35N3O4S. The van der Waals surface area contributed by atoms with Gasteiger partial charge in [-0.2, -0.15) is 0 Å². The van der Waals surface area contributed by atoms with Gasteiger partial charge in [-0.05, 0) is 56.5 Å². The number of benzene rings is 3. The maximum Gasteiger partial charge on any atom is 0.264 e. The topological polar surface area (TPSA) is 86.8 Å². The van der Waals surface area contributed by atoms with E-state index in [4.69, 9.17) is 0 Å². The Labute approximate surface area is 220 Å². The molecule has 0 aliphatic carbocycles. The third kappa shape index (κ3) is 6.77. The molecule has 37 heavy (non-hydrogen) atoms. The van der Waals surface area contributed by atoms with E-state index < -0.39 is 28.5 Å². The third-order valence-corrected chi connectivity index (χ3v) is 7.98. The molecule has 1 atom stereocenters. The van der Waals surface area contributed by atoms with Crippen LogP contribution in [0.2, 0.25) is 0 Å². The van der Waals surface area contributed by atoms with Gasteiger partial charge in [0.25, 0.3) is 10.0 Å². The van der Waals surface area contributed by atoms with Crippen LogP contribution in [0.4, 0.5) is 5.69 Å². The van der Waals surface area contributed by atoms with Gasteiger partial charge in [0.1, 0.15) is 12.6 Å². The van der Waals surface area contributed by atoms with E-state index in [1.54, 1.807) is 37.3 Å². The zero-order valence-corrected chi connectivity index (χ0v) is 22.7. The fourth-order valence-electron chi connectivity index (χ4n) is 4.20. The number of likely N-dealkylation sites (N-methyl/N-ethyl adjacent to an activating group) is 1. The second kappa shape index (κ2) is 12.5. The molecule has 0 saturated carbocycles. The first-order valence-electron chi connectivity index (χ1n) is 12.5. The maximum absolute atomic E-state index is 13.9. The molecule has 196 valence electrons. The Hall–Kier alpha value is -3.65. The molecule has 0 bridgehead atoms. The van der Waals surface area contributed by atoms with E-state index >= 15 is 0 Å². The number of amides is 2. The summed E-state index contributed by atoms with van der Waals surface area (Å²) in [7, 11) is -4.07. The third-order valence-electron chi connectivity index (χ3n) is 6.20. The van der Waals surface area contributed by atoms with Gasteiger partial charge in [0.2, 0.25) is 11.8 Å². The summed E-state index contributed by atoms with van der Waals surface area (Å²) in [6.07, 6.45) is 0.591. The molecule has 0 radical (unpaired) electrons. The Morgan fingerprint density at radius 1 is 0.919 bits per heavy atom. The number of nitrogens with zero attached hydrogens (tertiary/aromatic N) is 2. The highest BCUT2D eigenvalue weighted by molar-refractivity contribution is 7.92. The van der Waals surface area contributed by atoms with Crippen LogP contribution in [0.5, 0.6) is 0 Å². The van der Waals surface area contributed by atoms with Crippen LogP contribution in [0.15, 0.2) is 83.8 Å². The van der Waals surface area contributed by atoms with Crippen LogP contribution in [0.1, 0.15) is 37.5 Å². The van der Waals surface area contributed by atoms with E-state index in [1.165, 1.54) is 17.0 Å². The average Bonchev–Trinajstić information content (AvgIpc) is 2.90. The van der Waals surface area contributed by atoms with Crippen molar-refractivity contribution in [2.75, 3.05) is 17.4 Å². The molecule has 3 rings (SSSR count). The first-order valence-corrected chi connectivity index (χ1v) is 13.9. The van der Waals surface area contributed by atoms with Crippen LogP contribution in [-0.2, 0) is 32.6 Å². The van der Waals surface area contributed by atoms with Crippen LogP contribution in [0.3, 0.4) is 0 Å². The molecule has 0 unspecified atom stereocenters. The minimum atomic E-state index is -4.07. The van der Waals surface area contributed by atoms with Crippen LogP contribution < -0.4 is 9.62 Å². The monoisotopic (exact) mass is 521 g/mol. The highest BCUT2D eigenvalue weighted by Crippen LogP contribution is 2.28. The molecule has 3 aromatic carbocycles. The van der Waals surface area contributed by atoms with Gasteiger partial charge in [-0.3, -0.25) is 13.9 Å². The highest BCUT2D eigenvalue weighted by Gasteiger charge is 2.33. The van der Waals surface area contributed by atoms with Gasteiger partial charge in [0.05, 0.1) is 10.6 Å². The first-order chi connectivity index (χ1) is 17.7. The van der Waals surface area contributed by atoms with Crippen molar-refractivity contribution in [2.45, 2.75) is 51.6 Å². The summed E-state index contributed by atoms with van der Waals surface area (Å²) in [4.78, 5) is 28.2. The smallest absolute Gasteiger partial charge is 0.264 e. The number of nitrogens with one attached hydrogen (secondary N) is 1. The number of anilines is 1. The van der Waals surface area contributed by atoms with Crippen molar-refractivity contribution in [3.05, 3.63) is 95.6 Å².